The van der Waals surface area contributed by atoms with Gasteiger partial charge in [0, 0.05) is 42.6 Å². The van der Waals surface area contributed by atoms with Crippen molar-refractivity contribution in [2.75, 3.05) is 4.90 Å². The van der Waals surface area contributed by atoms with Crippen molar-refractivity contribution in [1.29, 1.82) is 0 Å². The van der Waals surface area contributed by atoms with Crippen molar-refractivity contribution in [3.05, 3.63) is 221 Å². The highest BCUT2D eigenvalue weighted by Gasteiger charge is 2.52. The van der Waals surface area contributed by atoms with Crippen LogP contribution in [0.15, 0.2) is 188 Å². The molecule has 2 heteroatoms. The van der Waals surface area contributed by atoms with Gasteiger partial charge < -0.3 is 4.90 Å². The third-order valence-electron chi connectivity index (χ3n) is 12.2. The Labute approximate surface area is 320 Å². The summed E-state index contributed by atoms with van der Waals surface area (Å²) in [6, 6.07) is 69.9. The Bertz CT molecular complexity index is 2830. The number of fused-ring (bicyclic) bond motifs is 3. The second-order valence-electron chi connectivity index (χ2n) is 15.3. The van der Waals surface area contributed by atoms with E-state index in [-0.39, 0.29) is 5.41 Å². The van der Waals surface area contributed by atoms with Crippen LogP contribution in [0.4, 0.5) is 17.1 Å². The lowest BCUT2D eigenvalue weighted by Gasteiger charge is -2.36. The van der Waals surface area contributed by atoms with Gasteiger partial charge in [0.05, 0.1) is 5.41 Å². The summed E-state index contributed by atoms with van der Waals surface area (Å²) in [5.74, 6) is 0. The molecule has 0 aliphatic heterocycles. The highest BCUT2D eigenvalue weighted by molar-refractivity contribution is 7.25. The van der Waals surface area contributed by atoms with E-state index in [1.54, 1.807) is 0 Å². The Kier molecular flexibility index (Phi) is 6.75. The van der Waals surface area contributed by atoms with Crippen LogP contribution < -0.4 is 4.90 Å². The van der Waals surface area contributed by atoms with E-state index in [1.807, 2.05) is 11.3 Å². The zero-order valence-corrected chi connectivity index (χ0v) is 31.1. The average Bonchev–Trinajstić information content (AvgIpc) is 3.83. The van der Waals surface area contributed by atoms with E-state index in [2.05, 4.69) is 207 Å². The van der Waals surface area contributed by atoms with E-state index in [0.29, 0.717) is 0 Å². The second kappa shape index (κ2) is 11.6. The Balaban J connectivity index is 1.10. The molecule has 0 radical (unpaired) electrons. The minimum atomic E-state index is -0.425. The maximum absolute atomic E-state index is 2.41. The van der Waals surface area contributed by atoms with Gasteiger partial charge in [0.1, 0.15) is 0 Å². The first-order valence-electron chi connectivity index (χ1n) is 18.8. The second-order valence-corrected chi connectivity index (χ2v) is 16.4. The van der Waals surface area contributed by atoms with Gasteiger partial charge in [0.25, 0.3) is 0 Å². The summed E-state index contributed by atoms with van der Waals surface area (Å²) in [6.45, 7) is 4.76. The lowest BCUT2D eigenvalue weighted by Crippen LogP contribution is -2.30. The van der Waals surface area contributed by atoms with E-state index in [1.165, 1.54) is 75.8 Å². The molecule has 0 atom stereocenters. The van der Waals surface area contributed by atoms with Gasteiger partial charge in [-0.05, 0) is 98.1 Å². The van der Waals surface area contributed by atoms with Crippen LogP contribution in [0.5, 0.6) is 0 Å². The molecule has 8 aromatic carbocycles. The molecule has 2 aliphatic carbocycles. The monoisotopic (exact) mass is 707 g/mol. The predicted molar refractivity (Wildman–Crippen MR) is 229 cm³/mol. The number of hydrogen-bond donors (Lipinski definition) is 0. The van der Waals surface area contributed by atoms with Crippen LogP contribution in [0.2, 0.25) is 0 Å². The minimum absolute atomic E-state index is 0.0323. The van der Waals surface area contributed by atoms with Crippen molar-refractivity contribution < 1.29 is 0 Å². The summed E-state index contributed by atoms with van der Waals surface area (Å²) >= 11 is 1.87. The Hall–Kier alpha value is -6.22. The summed E-state index contributed by atoms with van der Waals surface area (Å²) in [6.07, 6.45) is 0. The SMILES string of the molecule is CC1(C)c2cccc3c2-c2c1cccc2C3(c1ccccc1)c1ccc(N(c2ccc(-c3ccccc3)cc2)c2ccc3c(c2)sc2ccccc23)cc1. The number of thiophene rings is 1. The Morgan fingerprint density at radius 1 is 0.389 bits per heavy atom. The maximum atomic E-state index is 2.41. The Morgan fingerprint density at radius 3 is 1.56 bits per heavy atom. The van der Waals surface area contributed by atoms with E-state index in [9.17, 15) is 0 Å². The van der Waals surface area contributed by atoms with Crippen molar-refractivity contribution >= 4 is 48.6 Å². The number of rotatable bonds is 6. The van der Waals surface area contributed by atoms with E-state index >= 15 is 0 Å². The molecule has 9 aromatic rings. The van der Waals surface area contributed by atoms with Gasteiger partial charge in [-0.15, -0.1) is 11.3 Å². The normalized spacial score (nSPS) is 14.4. The summed E-state index contributed by atoms with van der Waals surface area (Å²) in [4.78, 5) is 2.41. The lowest BCUT2D eigenvalue weighted by atomic mass is 9.66. The molecular weight excluding hydrogens is 671 g/mol. The molecule has 1 aromatic heterocycles. The first-order valence-corrected chi connectivity index (χ1v) is 19.7. The van der Waals surface area contributed by atoms with Crippen molar-refractivity contribution in [2.24, 2.45) is 0 Å². The third kappa shape index (κ3) is 4.32. The third-order valence-corrected chi connectivity index (χ3v) is 13.3. The molecule has 1 nitrogen and oxygen atoms in total. The van der Waals surface area contributed by atoms with Gasteiger partial charge in [0.15, 0.2) is 0 Å². The summed E-state index contributed by atoms with van der Waals surface area (Å²) in [5, 5.41) is 2.62. The van der Waals surface area contributed by atoms with Crippen LogP contribution in [-0.2, 0) is 10.8 Å². The van der Waals surface area contributed by atoms with Crippen LogP contribution in [0.25, 0.3) is 42.4 Å². The summed E-state index contributed by atoms with van der Waals surface area (Å²) in [5.41, 5.74) is 16.4. The number of anilines is 3. The van der Waals surface area contributed by atoms with Crippen molar-refractivity contribution in [3.8, 4) is 22.3 Å². The summed E-state index contributed by atoms with van der Waals surface area (Å²) in [7, 11) is 0. The highest BCUT2D eigenvalue weighted by atomic mass is 32.1. The van der Waals surface area contributed by atoms with Gasteiger partial charge in [-0.2, -0.15) is 0 Å². The number of benzene rings is 8. The largest absolute Gasteiger partial charge is 0.310 e. The fourth-order valence-electron chi connectivity index (χ4n) is 9.67. The lowest BCUT2D eigenvalue weighted by molar-refractivity contribution is 0.652. The zero-order chi connectivity index (χ0) is 36.0. The van der Waals surface area contributed by atoms with Crippen LogP contribution >= 0.6 is 11.3 Å². The molecule has 256 valence electrons. The van der Waals surface area contributed by atoms with Crippen LogP contribution in [-0.4, -0.2) is 0 Å². The zero-order valence-electron chi connectivity index (χ0n) is 30.3. The van der Waals surface area contributed by atoms with Crippen LogP contribution in [0, 0.1) is 0 Å². The molecule has 0 saturated heterocycles. The smallest absolute Gasteiger partial charge is 0.0713 e. The van der Waals surface area contributed by atoms with Crippen LogP contribution in [0.1, 0.15) is 47.2 Å². The topological polar surface area (TPSA) is 3.24 Å². The molecule has 0 saturated carbocycles. The quantitative estimate of drug-likeness (QED) is 0.166. The maximum Gasteiger partial charge on any atom is 0.0713 e. The van der Waals surface area contributed by atoms with Crippen molar-refractivity contribution in [1.82, 2.24) is 0 Å². The molecular formula is C52H37NS. The highest BCUT2D eigenvalue weighted by Crippen LogP contribution is 2.64. The molecule has 11 rings (SSSR count). The molecule has 1 heterocycles. The van der Waals surface area contributed by atoms with Gasteiger partial charge in [-0.1, -0.05) is 159 Å². The molecule has 0 amide bonds. The molecule has 0 N–H and O–H groups in total. The van der Waals surface area contributed by atoms with Gasteiger partial charge >= 0.3 is 0 Å². The van der Waals surface area contributed by atoms with Crippen molar-refractivity contribution in [2.45, 2.75) is 24.7 Å². The minimum Gasteiger partial charge on any atom is -0.310 e. The van der Waals surface area contributed by atoms with E-state index in [4.69, 9.17) is 0 Å². The Morgan fingerprint density at radius 2 is 0.889 bits per heavy atom. The molecule has 0 bridgehead atoms. The number of nitrogens with zero attached hydrogens (tertiary/aromatic N) is 1. The van der Waals surface area contributed by atoms with Crippen molar-refractivity contribution in [3.63, 3.8) is 0 Å². The molecule has 2 aliphatic rings. The number of hydrogen-bond acceptors (Lipinski definition) is 2. The van der Waals surface area contributed by atoms with Gasteiger partial charge in [0.2, 0.25) is 0 Å². The van der Waals surface area contributed by atoms with E-state index < -0.39 is 5.41 Å². The van der Waals surface area contributed by atoms with Gasteiger partial charge in [-0.25, -0.2) is 0 Å². The molecule has 0 spiro atoms. The standard InChI is InChI=1S/C52H37NS/c1-51(2)43-18-11-20-45-49(43)50-44(51)19-12-21-46(50)52(45,36-15-7-4-8-16-36)37-25-29-39(30-26-37)53(38-27-23-35(24-28-38)34-13-5-3-6-14-34)40-31-32-42-41-17-9-10-22-47(41)54-48(42)33-40/h3-33H,1-2H3. The summed E-state index contributed by atoms with van der Waals surface area (Å²) < 4.78 is 2.61. The first kappa shape index (κ1) is 31.3. The first-order chi connectivity index (χ1) is 26.5. The van der Waals surface area contributed by atoms with Gasteiger partial charge in [-0.3, -0.25) is 0 Å². The molecule has 0 unspecified atom stereocenters. The fourth-order valence-corrected chi connectivity index (χ4v) is 10.8. The molecule has 54 heavy (non-hydrogen) atoms. The van der Waals surface area contributed by atoms with Crippen LogP contribution in [0.3, 0.4) is 0 Å². The van der Waals surface area contributed by atoms with E-state index in [0.717, 1.165) is 17.1 Å². The fraction of sp³-hybridized carbons (Fsp3) is 0.0769. The average molecular weight is 708 g/mol. The predicted octanol–water partition coefficient (Wildman–Crippen LogP) is 14.2. The molecule has 0 fully saturated rings.